The third-order valence-corrected chi connectivity index (χ3v) is 3.52. The van der Waals surface area contributed by atoms with E-state index in [4.69, 9.17) is 16.3 Å². The summed E-state index contributed by atoms with van der Waals surface area (Å²) in [5.41, 5.74) is 2.71. The molecule has 0 aliphatic carbocycles. The second kappa shape index (κ2) is 8.36. The van der Waals surface area contributed by atoms with Crippen LogP contribution in [0.25, 0.3) is 0 Å². The highest BCUT2D eigenvalue weighted by Crippen LogP contribution is 2.19. The quantitative estimate of drug-likeness (QED) is 0.779. The van der Waals surface area contributed by atoms with Crippen molar-refractivity contribution in [2.75, 3.05) is 23.8 Å². The Morgan fingerprint density at radius 2 is 1.96 bits per heavy atom. The minimum atomic E-state index is -0.387. The number of amides is 1. The van der Waals surface area contributed by atoms with Gasteiger partial charge in [-0.15, -0.1) is 0 Å². The molecular formula is C18H19ClN2O3. The molecule has 0 bridgehead atoms. The van der Waals surface area contributed by atoms with E-state index in [1.165, 1.54) is 0 Å². The molecule has 2 rings (SSSR count). The number of benzene rings is 2. The maximum absolute atomic E-state index is 12.0. The zero-order valence-corrected chi connectivity index (χ0v) is 14.3. The molecule has 2 aromatic carbocycles. The third kappa shape index (κ3) is 4.99. The minimum Gasteiger partial charge on any atom is -0.462 e. The van der Waals surface area contributed by atoms with Gasteiger partial charge in [0.15, 0.2) is 0 Å². The molecule has 24 heavy (non-hydrogen) atoms. The Hall–Kier alpha value is -2.53. The molecule has 0 atom stereocenters. The topological polar surface area (TPSA) is 67.4 Å². The predicted octanol–water partition coefficient (Wildman–Crippen LogP) is 3.88. The molecule has 2 aromatic rings. The Morgan fingerprint density at radius 3 is 2.67 bits per heavy atom. The van der Waals surface area contributed by atoms with Crippen LogP contribution >= 0.6 is 11.6 Å². The van der Waals surface area contributed by atoms with E-state index < -0.39 is 0 Å². The molecular weight excluding hydrogens is 328 g/mol. The van der Waals surface area contributed by atoms with Crippen LogP contribution in [0.1, 0.15) is 22.8 Å². The van der Waals surface area contributed by atoms with Crippen molar-refractivity contribution in [3.63, 3.8) is 0 Å². The second-order valence-corrected chi connectivity index (χ2v) is 5.60. The van der Waals surface area contributed by atoms with Crippen molar-refractivity contribution in [1.29, 1.82) is 0 Å². The van der Waals surface area contributed by atoms with Gasteiger partial charge in [-0.1, -0.05) is 17.7 Å². The van der Waals surface area contributed by atoms with Crippen molar-refractivity contribution in [3.8, 4) is 0 Å². The summed E-state index contributed by atoms with van der Waals surface area (Å²) in [6.45, 7) is 4.02. The molecule has 0 saturated heterocycles. The largest absolute Gasteiger partial charge is 0.462 e. The van der Waals surface area contributed by atoms with Crippen LogP contribution in [-0.2, 0) is 9.53 Å². The lowest BCUT2D eigenvalue weighted by molar-refractivity contribution is -0.114. The molecule has 2 N–H and O–H groups in total. The fraction of sp³-hybridized carbons (Fsp3) is 0.222. The smallest absolute Gasteiger partial charge is 0.338 e. The number of nitrogens with one attached hydrogen (secondary N) is 2. The number of carbonyl (C=O) groups is 2. The number of carbonyl (C=O) groups excluding carboxylic acids is 2. The van der Waals surface area contributed by atoms with Crippen LogP contribution in [0.15, 0.2) is 42.5 Å². The average molecular weight is 347 g/mol. The van der Waals surface area contributed by atoms with Gasteiger partial charge in [0, 0.05) is 16.4 Å². The van der Waals surface area contributed by atoms with Crippen molar-refractivity contribution in [2.45, 2.75) is 13.8 Å². The van der Waals surface area contributed by atoms with E-state index in [0.717, 1.165) is 5.56 Å². The van der Waals surface area contributed by atoms with Crippen LogP contribution in [0.5, 0.6) is 0 Å². The molecule has 0 unspecified atom stereocenters. The summed E-state index contributed by atoms with van der Waals surface area (Å²) in [5, 5.41) is 6.43. The van der Waals surface area contributed by atoms with Crippen LogP contribution in [0.4, 0.5) is 11.4 Å². The first-order chi connectivity index (χ1) is 11.5. The fourth-order valence-corrected chi connectivity index (χ4v) is 2.34. The van der Waals surface area contributed by atoms with E-state index in [-0.39, 0.29) is 18.4 Å². The number of halogens is 1. The Kier molecular flexibility index (Phi) is 6.21. The molecule has 6 heteroatoms. The van der Waals surface area contributed by atoms with Crippen LogP contribution in [0.2, 0.25) is 5.02 Å². The molecule has 0 aliphatic rings. The number of esters is 1. The van der Waals surface area contributed by atoms with Crippen molar-refractivity contribution < 1.29 is 14.3 Å². The zero-order valence-electron chi connectivity index (χ0n) is 13.6. The standard InChI is InChI=1S/C18H19ClN2O3/c1-3-24-18(23)13-5-4-6-15(10-13)20-11-17(22)21-16-8-7-14(19)9-12(16)2/h4-10,20H,3,11H2,1-2H3,(H,21,22). The molecule has 126 valence electrons. The Bertz CT molecular complexity index is 747. The first kappa shape index (κ1) is 17.8. The van der Waals surface area contributed by atoms with E-state index in [2.05, 4.69) is 10.6 Å². The molecule has 0 fully saturated rings. The molecule has 0 spiro atoms. The highest BCUT2D eigenvalue weighted by atomic mass is 35.5. The number of anilines is 2. The highest BCUT2D eigenvalue weighted by Gasteiger charge is 2.08. The summed E-state index contributed by atoms with van der Waals surface area (Å²) in [5.74, 6) is -0.579. The number of hydrogen-bond acceptors (Lipinski definition) is 4. The SMILES string of the molecule is CCOC(=O)c1cccc(NCC(=O)Nc2ccc(Cl)cc2C)c1. The van der Waals surface area contributed by atoms with Gasteiger partial charge >= 0.3 is 5.97 Å². The third-order valence-electron chi connectivity index (χ3n) is 3.29. The van der Waals surface area contributed by atoms with Gasteiger partial charge in [0.25, 0.3) is 0 Å². The van der Waals surface area contributed by atoms with Gasteiger partial charge in [-0.2, -0.15) is 0 Å². The Morgan fingerprint density at radius 1 is 1.17 bits per heavy atom. The van der Waals surface area contributed by atoms with Crippen molar-refractivity contribution in [3.05, 3.63) is 58.6 Å². The summed E-state index contributed by atoms with van der Waals surface area (Å²) in [6.07, 6.45) is 0. The summed E-state index contributed by atoms with van der Waals surface area (Å²) in [7, 11) is 0. The summed E-state index contributed by atoms with van der Waals surface area (Å²) < 4.78 is 4.95. The molecule has 0 aliphatic heterocycles. The van der Waals surface area contributed by atoms with E-state index >= 15 is 0 Å². The van der Waals surface area contributed by atoms with E-state index in [1.807, 2.05) is 6.92 Å². The van der Waals surface area contributed by atoms with E-state index in [0.29, 0.717) is 28.6 Å². The maximum Gasteiger partial charge on any atom is 0.338 e. The van der Waals surface area contributed by atoms with Crippen molar-refractivity contribution >= 4 is 34.9 Å². The Balaban J connectivity index is 1.94. The van der Waals surface area contributed by atoms with Crippen LogP contribution < -0.4 is 10.6 Å². The second-order valence-electron chi connectivity index (χ2n) is 5.16. The fourth-order valence-electron chi connectivity index (χ4n) is 2.11. The lowest BCUT2D eigenvalue weighted by Gasteiger charge is -2.11. The molecule has 0 saturated carbocycles. The average Bonchev–Trinajstić information content (AvgIpc) is 2.56. The van der Waals surface area contributed by atoms with Gasteiger partial charge in [0.05, 0.1) is 18.7 Å². The van der Waals surface area contributed by atoms with Crippen molar-refractivity contribution in [1.82, 2.24) is 0 Å². The molecule has 5 nitrogen and oxygen atoms in total. The molecule has 1 amide bonds. The van der Waals surface area contributed by atoms with Crippen LogP contribution in [0, 0.1) is 6.92 Å². The van der Waals surface area contributed by atoms with Gasteiger partial charge in [-0.3, -0.25) is 4.79 Å². The summed E-state index contributed by atoms with van der Waals surface area (Å²) >= 11 is 5.89. The molecule has 0 radical (unpaired) electrons. The number of hydrogen-bond donors (Lipinski definition) is 2. The normalized spacial score (nSPS) is 10.1. The lowest BCUT2D eigenvalue weighted by atomic mass is 10.2. The highest BCUT2D eigenvalue weighted by molar-refractivity contribution is 6.30. The Labute approximate surface area is 146 Å². The van der Waals surface area contributed by atoms with Gasteiger partial charge < -0.3 is 15.4 Å². The van der Waals surface area contributed by atoms with Gasteiger partial charge in [0.1, 0.15) is 0 Å². The van der Waals surface area contributed by atoms with Crippen LogP contribution in [-0.4, -0.2) is 25.0 Å². The van der Waals surface area contributed by atoms with Crippen molar-refractivity contribution in [2.24, 2.45) is 0 Å². The van der Waals surface area contributed by atoms with Gasteiger partial charge in [-0.05, 0) is 55.8 Å². The van der Waals surface area contributed by atoms with E-state index in [1.54, 1.807) is 49.4 Å². The minimum absolute atomic E-state index is 0.0777. The molecule has 0 aromatic heterocycles. The number of aryl methyl sites for hydroxylation is 1. The summed E-state index contributed by atoms with van der Waals surface area (Å²) in [4.78, 5) is 23.7. The van der Waals surface area contributed by atoms with Gasteiger partial charge in [-0.25, -0.2) is 4.79 Å². The number of rotatable bonds is 6. The molecule has 0 heterocycles. The van der Waals surface area contributed by atoms with Crippen LogP contribution in [0.3, 0.4) is 0 Å². The van der Waals surface area contributed by atoms with E-state index in [9.17, 15) is 9.59 Å². The first-order valence-corrected chi connectivity index (χ1v) is 7.94. The maximum atomic E-state index is 12.0. The van der Waals surface area contributed by atoms with Gasteiger partial charge in [0.2, 0.25) is 5.91 Å². The summed E-state index contributed by atoms with van der Waals surface area (Å²) in [6, 6.07) is 12.1. The lowest BCUT2D eigenvalue weighted by Crippen LogP contribution is -2.22. The predicted molar refractivity (Wildman–Crippen MR) is 95.7 cm³/mol. The monoisotopic (exact) mass is 346 g/mol. The zero-order chi connectivity index (χ0) is 17.5. The number of ether oxygens (including phenoxy) is 1. The first-order valence-electron chi connectivity index (χ1n) is 7.56.